The van der Waals surface area contributed by atoms with E-state index in [1.165, 1.54) is 18.3 Å². The summed E-state index contributed by atoms with van der Waals surface area (Å²) in [6, 6.07) is 12.8. The van der Waals surface area contributed by atoms with Crippen molar-refractivity contribution < 1.29 is 9.18 Å². The average Bonchev–Trinajstić information content (AvgIpc) is 3.05. The highest BCUT2D eigenvalue weighted by Crippen LogP contribution is 2.23. The molecule has 0 aliphatic rings. The van der Waals surface area contributed by atoms with Gasteiger partial charge >= 0.3 is 0 Å². The Bertz CT molecular complexity index is 909. The number of nitrogens with one attached hydrogen (secondary N) is 1. The fraction of sp³-hybridized carbons (Fsp3) is 0.0625. The van der Waals surface area contributed by atoms with Gasteiger partial charge in [-0.05, 0) is 35.0 Å². The Balaban J connectivity index is 1.58. The number of carbonyl (C=O) groups excluding carboxylic acids is 1. The van der Waals surface area contributed by atoms with Crippen molar-refractivity contribution in [3.05, 3.63) is 64.9 Å². The molecule has 0 bridgehead atoms. The third kappa shape index (κ3) is 4.45. The molecule has 25 heavy (non-hydrogen) atoms. The summed E-state index contributed by atoms with van der Waals surface area (Å²) in [5.41, 5.74) is 3.62. The monoisotopic (exact) mass is 358 g/mol. The predicted molar refractivity (Wildman–Crippen MR) is 90.4 cm³/mol. The second-order valence-electron chi connectivity index (χ2n) is 4.97. The first-order valence-electron chi connectivity index (χ1n) is 7.22. The van der Waals surface area contributed by atoms with Gasteiger partial charge in [0.25, 0.3) is 5.91 Å². The molecule has 1 heterocycles. The molecule has 0 saturated heterocycles. The molecule has 126 valence electrons. The summed E-state index contributed by atoms with van der Waals surface area (Å²) in [6.07, 6.45) is 1.40. The van der Waals surface area contributed by atoms with E-state index < -0.39 is 5.91 Å². The Hall–Kier alpha value is -3.13. The van der Waals surface area contributed by atoms with E-state index in [0.717, 1.165) is 4.80 Å². The largest absolute Gasteiger partial charge is 0.271 e. The Kier molecular flexibility index (Phi) is 5.10. The highest BCUT2D eigenvalue weighted by molar-refractivity contribution is 6.33. The second kappa shape index (κ2) is 7.63. The van der Waals surface area contributed by atoms with Gasteiger partial charge < -0.3 is 0 Å². The van der Waals surface area contributed by atoms with E-state index in [1.807, 2.05) is 0 Å². The number of rotatable bonds is 5. The quantitative estimate of drug-likeness (QED) is 0.560. The van der Waals surface area contributed by atoms with Crippen LogP contribution >= 0.6 is 11.6 Å². The predicted octanol–water partition coefficient (Wildman–Crippen LogP) is 2.28. The number of carbonyl (C=O) groups is 1. The molecule has 0 unspecified atom stereocenters. The SMILES string of the molecule is O=C(Cn1nnc(-c2ccccc2Cl)n1)N/N=C/c1ccc(F)cc1. The Morgan fingerprint density at radius 2 is 2.00 bits per heavy atom. The van der Waals surface area contributed by atoms with Gasteiger partial charge in [0.2, 0.25) is 5.82 Å². The second-order valence-corrected chi connectivity index (χ2v) is 5.38. The van der Waals surface area contributed by atoms with Crippen molar-refractivity contribution in [1.29, 1.82) is 0 Å². The third-order valence-electron chi connectivity index (χ3n) is 3.13. The van der Waals surface area contributed by atoms with E-state index in [0.29, 0.717) is 22.0 Å². The maximum atomic E-state index is 12.8. The lowest BCUT2D eigenvalue weighted by atomic mass is 10.2. The van der Waals surface area contributed by atoms with Gasteiger partial charge in [0.1, 0.15) is 12.4 Å². The van der Waals surface area contributed by atoms with Gasteiger partial charge in [-0.3, -0.25) is 4.79 Å². The van der Waals surface area contributed by atoms with Gasteiger partial charge in [0.15, 0.2) is 0 Å². The Morgan fingerprint density at radius 3 is 2.76 bits per heavy atom. The maximum absolute atomic E-state index is 12.8. The standard InChI is InChI=1S/C16H12ClFN6O/c17-14-4-2-1-3-13(14)16-21-23-24(22-16)10-15(25)20-19-9-11-5-7-12(18)8-6-11/h1-9H,10H2,(H,20,25)/b19-9+. The lowest BCUT2D eigenvalue weighted by molar-refractivity contribution is -0.122. The fourth-order valence-corrected chi connectivity index (χ4v) is 2.17. The minimum Gasteiger partial charge on any atom is -0.271 e. The molecule has 1 aromatic heterocycles. The van der Waals surface area contributed by atoms with E-state index in [1.54, 1.807) is 36.4 Å². The zero-order valence-electron chi connectivity index (χ0n) is 12.8. The maximum Gasteiger partial charge on any atom is 0.263 e. The van der Waals surface area contributed by atoms with Gasteiger partial charge in [0.05, 0.1) is 11.2 Å². The number of hydrazone groups is 1. The van der Waals surface area contributed by atoms with E-state index in [2.05, 4.69) is 25.9 Å². The summed E-state index contributed by atoms with van der Waals surface area (Å²) >= 11 is 6.07. The van der Waals surface area contributed by atoms with Crippen LogP contribution in [0.3, 0.4) is 0 Å². The van der Waals surface area contributed by atoms with Crippen LogP contribution in [-0.2, 0) is 11.3 Å². The fourth-order valence-electron chi connectivity index (χ4n) is 1.95. The van der Waals surface area contributed by atoms with Crippen LogP contribution in [0.15, 0.2) is 53.6 Å². The molecule has 0 fully saturated rings. The molecule has 1 N–H and O–H groups in total. The minimum atomic E-state index is -0.429. The molecule has 0 radical (unpaired) electrons. The number of nitrogens with zero attached hydrogens (tertiary/aromatic N) is 5. The smallest absolute Gasteiger partial charge is 0.263 e. The Labute approximate surface area is 147 Å². The molecule has 0 spiro atoms. The highest BCUT2D eigenvalue weighted by atomic mass is 35.5. The van der Waals surface area contributed by atoms with E-state index in [9.17, 15) is 9.18 Å². The van der Waals surface area contributed by atoms with Crippen LogP contribution in [0.25, 0.3) is 11.4 Å². The summed E-state index contributed by atoms with van der Waals surface area (Å²) in [7, 11) is 0. The van der Waals surface area contributed by atoms with Crippen LogP contribution in [0.4, 0.5) is 4.39 Å². The Morgan fingerprint density at radius 1 is 1.24 bits per heavy atom. The van der Waals surface area contributed by atoms with Crippen molar-refractivity contribution in [3.63, 3.8) is 0 Å². The van der Waals surface area contributed by atoms with Crippen molar-refractivity contribution in [2.75, 3.05) is 0 Å². The molecule has 0 aliphatic heterocycles. The number of tetrazole rings is 1. The van der Waals surface area contributed by atoms with E-state index in [-0.39, 0.29) is 12.4 Å². The lowest BCUT2D eigenvalue weighted by Gasteiger charge is -1.99. The van der Waals surface area contributed by atoms with Gasteiger partial charge in [-0.2, -0.15) is 9.90 Å². The number of hydrogen-bond donors (Lipinski definition) is 1. The molecular formula is C16H12ClFN6O. The van der Waals surface area contributed by atoms with Crippen LogP contribution < -0.4 is 5.43 Å². The molecule has 0 atom stereocenters. The summed E-state index contributed by atoms with van der Waals surface area (Å²) in [6.45, 7) is -0.155. The van der Waals surface area contributed by atoms with E-state index >= 15 is 0 Å². The van der Waals surface area contributed by atoms with Crippen molar-refractivity contribution in [3.8, 4) is 11.4 Å². The van der Waals surface area contributed by atoms with E-state index in [4.69, 9.17) is 11.6 Å². The molecule has 3 rings (SSSR count). The van der Waals surface area contributed by atoms with Gasteiger partial charge in [0, 0.05) is 5.56 Å². The number of hydrogen-bond acceptors (Lipinski definition) is 5. The first-order chi connectivity index (χ1) is 12.1. The first-order valence-corrected chi connectivity index (χ1v) is 7.60. The van der Waals surface area contributed by atoms with Crippen molar-refractivity contribution in [1.82, 2.24) is 25.6 Å². The third-order valence-corrected chi connectivity index (χ3v) is 3.46. The van der Waals surface area contributed by atoms with Crippen molar-refractivity contribution in [2.24, 2.45) is 5.10 Å². The summed E-state index contributed by atoms with van der Waals surface area (Å²) in [4.78, 5) is 13.0. The van der Waals surface area contributed by atoms with Crippen LogP contribution in [-0.4, -0.2) is 32.3 Å². The number of aromatic nitrogens is 4. The number of benzene rings is 2. The topological polar surface area (TPSA) is 85.1 Å². The molecule has 7 nitrogen and oxygen atoms in total. The van der Waals surface area contributed by atoms with Gasteiger partial charge in [-0.1, -0.05) is 35.9 Å². The highest BCUT2D eigenvalue weighted by Gasteiger charge is 2.11. The molecular weight excluding hydrogens is 347 g/mol. The zero-order chi connectivity index (χ0) is 17.6. The van der Waals surface area contributed by atoms with Gasteiger partial charge in [-0.25, -0.2) is 9.82 Å². The molecule has 1 amide bonds. The van der Waals surface area contributed by atoms with Crippen LogP contribution in [0.1, 0.15) is 5.56 Å². The van der Waals surface area contributed by atoms with Crippen molar-refractivity contribution in [2.45, 2.75) is 6.54 Å². The molecule has 3 aromatic rings. The molecule has 9 heteroatoms. The number of halogens is 2. The molecule has 2 aromatic carbocycles. The van der Waals surface area contributed by atoms with Crippen LogP contribution in [0.5, 0.6) is 0 Å². The summed E-state index contributed by atoms with van der Waals surface area (Å²) in [5.74, 6) is -0.442. The molecule has 0 saturated carbocycles. The average molecular weight is 359 g/mol. The van der Waals surface area contributed by atoms with Gasteiger partial charge in [-0.15, -0.1) is 10.2 Å². The lowest BCUT2D eigenvalue weighted by Crippen LogP contribution is -2.24. The summed E-state index contributed by atoms with van der Waals surface area (Å²) in [5, 5.41) is 16.1. The van der Waals surface area contributed by atoms with Crippen molar-refractivity contribution >= 4 is 23.7 Å². The zero-order valence-corrected chi connectivity index (χ0v) is 13.6. The minimum absolute atomic E-state index is 0.155. The van der Waals surface area contributed by atoms with Crippen LogP contribution in [0, 0.1) is 5.82 Å². The summed E-state index contributed by atoms with van der Waals surface area (Å²) < 4.78 is 12.8. The normalized spacial score (nSPS) is 11.0. The first kappa shape index (κ1) is 16.7. The molecule has 0 aliphatic carbocycles. The number of amides is 1. The van der Waals surface area contributed by atoms with Crippen LogP contribution in [0.2, 0.25) is 5.02 Å².